The van der Waals surface area contributed by atoms with Crippen LogP contribution < -0.4 is 5.32 Å². The first-order valence-corrected chi connectivity index (χ1v) is 6.46. The van der Waals surface area contributed by atoms with E-state index in [0.29, 0.717) is 0 Å². The molecule has 2 N–H and O–H groups in total. The molecule has 5 heteroatoms. The summed E-state index contributed by atoms with van der Waals surface area (Å²) in [7, 11) is 1.62. The Morgan fingerprint density at radius 2 is 1.94 bits per heavy atom. The maximum atomic E-state index is 11.6. The van der Waals surface area contributed by atoms with E-state index in [-0.39, 0.29) is 18.7 Å². The van der Waals surface area contributed by atoms with Gasteiger partial charge in [-0.3, -0.25) is 0 Å². The van der Waals surface area contributed by atoms with Crippen molar-refractivity contribution in [1.82, 2.24) is 5.32 Å². The molecule has 1 aliphatic rings. The molecule has 106 valence electrons. The van der Waals surface area contributed by atoms with Crippen LogP contribution in [0.1, 0.15) is 46.5 Å². The Bertz CT molecular complexity index is 271. The van der Waals surface area contributed by atoms with Gasteiger partial charge in [-0.15, -0.1) is 0 Å². The highest BCUT2D eigenvalue weighted by atomic mass is 16.6. The van der Waals surface area contributed by atoms with Gasteiger partial charge in [-0.05, 0) is 46.5 Å². The van der Waals surface area contributed by atoms with Gasteiger partial charge in [0.15, 0.2) is 0 Å². The Labute approximate surface area is 109 Å². The molecule has 5 nitrogen and oxygen atoms in total. The standard InChI is InChI=1S/C13H25NO4/c1-12(2,3)18-11(16)14-10-5-7-13(9-15,17-4)8-6-10/h10,15H,5-9H2,1-4H3,(H,14,16). The highest BCUT2D eigenvalue weighted by molar-refractivity contribution is 5.68. The highest BCUT2D eigenvalue weighted by Crippen LogP contribution is 2.30. The first-order valence-electron chi connectivity index (χ1n) is 6.46. The third-order valence-corrected chi connectivity index (χ3v) is 3.34. The average Bonchev–Trinajstić information content (AvgIpc) is 2.28. The molecule has 0 saturated heterocycles. The van der Waals surface area contributed by atoms with Crippen molar-refractivity contribution in [3.05, 3.63) is 0 Å². The Hall–Kier alpha value is -0.810. The maximum Gasteiger partial charge on any atom is 0.407 e. The summed E-state index contributed by atoms with van der Waals surface area (Å²) in [5, 5.41) is 12.2. The molecule has 0 heterocycles. The largest absolute Gasteiger partial charge is 0.444 e. The monoisotopic (exact) mass is 259 g/mol. The predicted molar refractivity (Wildman–Crippen MR) is 68.5 cm³/mol. The molecule has 0 atom stereocenters. The summed E-state index contributed by atoms with van der Waals surface area (Å²) < 4.78 is 10.6. The zero-order valence-electron chi connectivity index (χ0n) is 11.8. The quantitative estimate of drug-likeness (QED) is 0.811. The van der Waals surface area contributed by atoms with Gasteiger partial charge in [-0.2, -0.15) is 0 Å². The minimum atomic E-state index is -0.472. The minimum Gasteiger partial charge on any atom is -0.444 e. The number of nitrogens with one attached hydrogen (secondary N) is 1. The van der Waals surface area contributed by atoms with Crippen LogP contribution in [0.4, 0.5) is 4.79 Å². The number of hydrogen-bond donors (Lipinski definition) is 2. The first kappa shape index (κ1) is 15.2. The number of ether oxygens (including phenoxy) is 2. The number of amides is 1. The van der Waals surface area contributed by atoms with E-state index in [4.69, 9.17) is 9.47 Å². The van der Waals surface area contributed by atoms with Crippen LogP contribution in [-0.4, -0.2) is 42.2 Å². The van der Waals surface area contributed by atoms with Gasteiger partial charge in [0.25, 0.3) is 0 Å². The van der Waals surface area contributed by atoms with Crippen LogP contribution in [0.5, 0.6) is 0 Å². The second-order valence-corrected chi connectivity index (χ2v) is 5.97. The number of carbonyl (C=O) groups is 1. The molecule has 0 aliphatic heterocycles. The lowest BCUT2D eigenvalue weighted by molar-refractivity contribution is -0.0797. The summed E-state index contributed by atoms with van der Waals surface area (Å²) in [5.41, 5.74) is -0.897. The molecule has 0 bridgehead atoms. The summed E-state index contributed by atoms with van der Waals surface area (Å²) in [6.07, 6.45) is 2.73. The molecule has 0 aromatic rings. The fraction of sp³-hybridized carbons (Fsp3) is 0.923. The Morgan fingerprint density at radius 1 is 1.39 bits per heavy atom. The SMILES string of the molecule is COC1(CO)CCC(NC(=O)OC(C)(C)C)CC1. The molecule has 1 aliphatic carbocycles. The summed E-state index contributed by atoms with van der Waals surface area (Å²) in [5.74, 6) is 0. The van der Waals surface area contributed by atoms with E-state index in [1.165, 1.54) is 0 Å². The van der Waals surface area contributed by atoms with Gasteiger partial charge < -0.3 is 19.9 Å². The fourth-order valence-corrected chi connectivity index (χ4v) is 2.19. The molecule has 1 rings (SSSR count). The van der Waals surface area contributed by atoms with E-state index in [9.17, 15) is 9.90 Å². The summed E-state index contributed by atoms with van der Waals surface area (Å²) >= 11 is 0. The van der Waals surface area contributed by atoms with Gasteiger partial charge in [0.1, 0.15) is 5.60 Å². The summed E-state index contributed by atoms with van der Waals surface area (Å²) in [4.78, 5) is 11.6. The van der Waals surface area contributed by atoms with Crippen molar-refractivity contribution in [3.8, 4) is 0 Å². The Kier molecular flexibility index (Phi) is 4.99. The van der Waals surface area contributed by atoms with E-state index < -0.39 is 11.2 Å². The number of rotatable bonds is 3. The van der Waals surface area contributed by atoms with Gasteiger partial charge in [0, 0.05) is 13.2 Å². The van der Waals surface area contributed by atoms with Crippen molar-refractivity contribution in [3.63, 3.8) is 0 Å². The van der Waals surface area contributed by atoms with Gasteiger partial charge in [-0.1, -0.05) is 0 Å². The molecule has 0 aromatic heterocycles. The van der Waals surface area contributed by atoms with Crippen LogP contribution in [0.2, 0.25) is 0 Å². The zero-order chi connectivity index (χ0) is 13.8. The Morgan fingerprint density at radius 3 is 2.33 bits per heavy atom. The molecular weight excluding hydrogens is 234 g/mol. The fourth-order valence-electron chi connectivity index (χ4n) is 2.19. The van der Waals surface area contributed by atoms with Gasteiger partial charge in [-0.25, -0.2) is 4.79 Å². The number of aliphatic hydroxyl groups is 1. The molecule has 1 amide bonds. The van der Waals surface area contributed by atoms with Crippen LogP contribution >= 0.6 is 0 Å². The molecule has 0 spiro atoms. The lowest BCUT2D eigenvalue weighted by Crippen LogP contribution is -2.47. The summed E-state index contributed by atoms with van der Waals surface area (Å²) in [6, 6.07) is 0.106. The molecule has 0 unspecified atom stereocenters. The predicted octanol–water partition coefficient (Wildman–Crippen LogP) is 1.83. The minimum absolute atomic E-state index is 0.0304. The molecule has 1 fully saturated rings. The van der Waals surface area contributed by atoms with E-state index in [1.807, 2.05) is 20.8 Å². The zero-order valence-corrected chi connectivity index (χ0v) is 11.8. The second kappa shape index (κ2) is 5.89. The van der Waals surface area contributed by atoms with Crippen molar-refractivity contribution >= 4 is 6.09 Å². The topological polar surface area (TPSA) is 67.8 Å². The van der Waals surface area contributed by atoms with Crippen molar-refractivity contribution in [2.45, 2.75) is 63.7 Å². The Balaban J connectivity index is 2.38. The molecule has 0 radical (unpaired) electrons. The number of alkyl carbamates (subject to hydrolysis) is 1. The van der Waals surface area contributed by atoms with Crippen LogP contribution in [0.15, 0.2) is 0 Å². The number of aliphatic hydroxyl groups excluding tert-OH is 1. The van der Waals surface area contributed by atoms with E-state index >= 15 is 0 Å². The third kappa shape index (κ3) is 4.46. The average molecular weight is 259 g/mol. The van der Waals surface area contributed by atoms with Crippen molar-refractivity contribution < 1.29 is 19.4 Å². The molecule has 1 saturated carbocycles. The number of methoxy groups -OCH3 is 1. The highest BCUT2D eigenvalue weighted by Gasteiger charge is 2.35. The first-order chi connectivity index (χ1) is 8.30. The number of carbonyl (C=O) groups excluding carboxylic acids is 1. The number of hydrogen-bond acceptors (Lipinski definition) is 4. The lowest BCUT2D eigenvalue weighted by Gasteiger charge is -2.38. The maximum absolute atomic E-state index is 11.6. The van der Waals surface area contributed by atoms with Gasteiger partial charge >= 0.3 is 6.09 Å². The smallest absolute Gasteiger partial charge is 0.407 e. The van der Waals surface area contributed by atoms with Crippen LogP contribution in [0.3, 0.4) is 0 Å². The van der Waals surface area contributed by atoms with E-state index in [1.54, 1.807) is 7.11 Å². The van der Waals surface area contributed by atoms with Crippen LogP contribution in [-0.2, 0) is 9.47 Å². The van der Waals surface area contributed by atoms with Crippen molar-refractivity contribution in [1.29, 1.82) is 0 Å². The molecule has 0 aromatic carbocycles. The van der Waals surface area contributed by atoms with Gasteiger partial charge in [0.05, 0.1) is 12.2 Å². The lowest BCUT2D eigenvalue weighted by atomic mass is 9.82. The molecular formula is C13H25NO4. The van der Waals surface area contributed by atoms with E-state index in [0.717, 1.165) is 25.7 Å². The van der Waals surface area contributed by atoms with Crippen LogP contribution in [0.25, 0.3) is 0 Å². The van der Waals surface area contributed by atoms with E-state index in [2.05, 4.69) is 5.32 Å². The van der Waals surface area contributed by atoms with Crippen molar-refractivity contribution in [2.24, 2.45) is 0 Å². The van der Waals surface area contributed by atoms with Crippen LogP contribution in [0, 0.1) is 0 Å². The normalized spacial score (nSPS) is 28.8. The van der Waals surface area contributed by atoms with Gasteiger partial charge in [0.2, 0.25) is 0 Å². The third-order valence-electron chi connectivity index (χ3n) is 3.34. The molecule has 18 heavy (non-hydrogen) atoms. The second-order valence-electron chi connectivity index (χ2n) is 5.97. The summed E-state index contributed by atoms with van der Waals surface area (Å²) in [6.45, 7) is 5.56. The van der Waals surface area contributed by atoms with Crippen molar-refractivity contribution in [2.75, 3.05) is 13.7 Å².